The molecular weight excluding hydrogens is 172 g/mol. The van der Waals surface area contributed by atoms with E-state index in [4.69, 9.17) is 9.47 Å². The average Bonchev–Trinajstić information content (AvgIpc) is 2.16. The van der Waals surface area contributed by atoms with E-state index in [2.05, 4.69) is 10.6 Å². The number of carbonyl (C=O) groups is 1. The Morgan fingerprint density at radius 3 is 2.46 bits per heavy atom. The highest BCUT2D eigenvalue weighted by Crippen LogP contribution is 1.87. The largest absolute Gasteiger partial charge is 0.354 e. The number of hydrogen-bond acceptors (Lipinski definition) is 4. The lowest BCUT2D eigenvalue weighted by Gasteiger charge is -2.13. The highest BCUT2D eigenvalue weighted by molar-refractivity contribution is 5.76. The lowest BCUT2D eigenvalue weighted by molar-refractivity contribution is -0.127. The van der Waals surface area contributed by atoms with Gasteiger partial charge < -0.3 is 20.1 Å². The Bertz CT molecular complexity index is 137. The van der Waals surface area contributed by atoms with Crippen LogP contribution in [-0.2, 0) is 14.3 Å². The number of rotatable bonds is 7. The van der Waals surface area contributed by atoms with E-state index in [-0.39, 0.29) is 12.2 Å². The van der Waals surface area contributed by atoms with Gasteiger partial charge in [0.15, 0.2) is 6.29 Å². The van der Waals surface area contributed by atoms with E-state index in [1.54, 1.807) is 7.05 Å². The minimum atomic E-state index is -0.362. The Morgan fingerprint density at radius 1 is 1.38 bits per heavy atom. The maximum atomic E-state index is 11.1. The predicted octanol–water partition coefficient (Wildman–Crippen LogP) is -0.669. The number of carbonyl (C=O) groups excluding carboxylic acids is 1. The van der Waals surface area contributed by atoms with Crippen molar-refractivity contribution >= 4 is 5.91 Å². The highest BCUT2D eigenvalue weighted by Gasteiger charge is 2.06. The van der Waals surface area contributed by atoms with Crippen LogP contribution in [0.4, 0.5) is 0 Å². The van der Waals surface area contributed by atoms with Crippen LogP contribution in [0.25, 0.3) is 0 Å². The topological polar surface area (TPSA) is 59.6 Å². The second kappa shape index (κ2) is 7.97. The van der Waals surface area contributed by atoms with Crippen LogP contribution in [0.5, 0.6) is 0 Å². The fraction of sp³-hybridized carbons (Fsp3) is 0.875. The van der Waals surface area contributed by atoms with Crippen LogP contribution in [0.3, 0.4) is 0 Å². The zero-order valence-corrected chi connectivity index (χ0v) is 8.42. The molecule has 5 nitrogen and oxygen atoms in total. The van der Waals surface area contributed by atoms with Gasteiger partial charge in [-0.1, -0.05) is 0 Å². The summed E-state index contributed by atoms with van der Waals surface area (Å²) in [7, 11) is 4.88. The molecule has 0 aliphatic rings. The van der Waals surface area contributed by atoms with Gasteiger partial charge in [-0.2, -0.15) is 0 Å². The molecule has 0 aromatic rings. The third-order valence-corrected chi connectivity index (χ3v) is 1.59. The quantitative estimate of drug-likeness (QED) is 0.523. The number of amides is 1. The monoisotopic (exact) mass is 190 g/mol. The molecule has 2 N–H and O–H groups in total. The molecule has 0 fully saturated rings. The van der Waals surface area contributed by atoms with Crippen molar-refractivity contribution in [2.45, 2.75) is 12.7 Å². The molecule has 0 saturated carbocycles. The summed E-state index contributed by atoms with van der Waals surface area (Å²) in [4.78, 5) is 11.1. The van der Waals surface area contributed by atoms with Gasteiger partial charge in [-0.15, -0.1) is 0 Å². The first-order valence-corrected chi connectivity index (χ1v) is 4.21. The minimum absolute atomic E-state index is 0.00606. The molecule has 0 saturated heterocycles. The molecule has 0 heterocycles. The van der Waals surface area contributed by atoms with Crippen molar-refractivity contribution in [2.75, 3.05) is 34.4 Å². The smallest absolute Gasteiger partial charge is 0.221 e. The van der Waals surface area contributed by atoms with Gasteiger partial charge in [0, 0.05) is 27.2 Å². The van der Waals surface area contributed by atoms with Crippen LogP contribution in [-0.4, -0.2) is 46.6 Å². The van der Waals surface area contributed by atoms with Gasteiger partial charge in [0.2, 0.25) is 5.91 Å². The molecule has 5 heteroatoms. The molecule has 0 rings (SSSR count). The van der Waals surface area contributed by atoms with Crippen LogP contribution in [0.15, 0.2) is 0 Å². The molecule has 13 heavy (non-hydrogen) atoms. The molecule has 0 radical (unpaired) electrons. The van der Waals surface area contributed by atoms with Crippen molar-refractivity contribution in [2.24, 2.45) is 0 Å². The van der Waals surface area contributed by atoms with Crippen LogP contribution in [0.1, 0.15) is 6.42 Å². The standard InChI is InChI=1S/C8H18N2O3/c1-9-5-4-7(11)10-6-8(12-2)13-3/h8-9H,4-6H2,1-3H3,(H,10,11). The van der Waals surface area contributed by atoms with Crippen LogP contribution in [0, 0.1) is 0 Å². The van der Waals surface area contributed by atoms with Crippen LogP contribution in [0.2, 0.25) is 0 Å². The summed E-state index contributed by atoms with van der Waals surface area (Å²) in [6.45, 7) is 1.06. The van der Waals surface area contributed by atoms with Gasteiger partial charge in [-0.05, 0) is 7.05 Å². The fourth-order valence-corrected chi connectivity index (χ4v) is 0.787. The summed E-state index contributed by atoms with van der Waals surface area (Å²) >= 11 is 0. The molecule has 0 aliphatic carbocycles. The SMILES string of the molecule is CNCCC(=O)NCC(OC)OC. The zero-order valence-electron chi connectivity index (χ0n) is 8.42. The Kier molecular flexibility index (Phi) is 7.57. The first-order valence-electron chi connectivity index (χ1n) is 4.21. The van der Waals surface area contributed by atoms with Crippen molar-refractivity contribution in [3.63, 3.8) is 0 Å². The van der Waals surface area contributed by atoms with Gasteiger partial charge >= 0.3 is 0 Å². The summed E-state index contributed by atoms with van der Waals surface area (Å²) in [5.41, 5.74) is 0. The van der Waals surface area contributed by atoms with E-state index in [9.17, 15) is 4.79 Å². The maximum absolute atomic E-state index is 11.1. The second-order valence-corrected chi connectivity index (χ2v) is 2.56. The average molecular weight is 190 g/mol. The lowest BCUT2D eigenvalue weighted by atomic mass is 10.4. The number of hydrogen-bond donors (Lipinski definition) is 2. The van der Waals surface area contributed by atoms with Gasteiger partial charge in [-0.25, -0.2) is 0 Å². The molecule has 0 unspecified atom stereocenters. The summed E-state index contributed by atoms with van der Waals surface area (Å²) in [5, 5.41) is 5.58. The van der Waals surface area contributed by atoms with Crippen molar-refractivity contribution < 1.29 is 14.3 Å². The van der Waals surface area contributed by atoms with E-state index < -0.39 is 0 Å². The van der Waals surface area contributed by atoms with Gasteiger partial charge in [-0.3, -0.25) is 4.79 Å². The predicted molar refractivity (Wildman–Crippen MR) is 49.4 cm³/mol. The van der Waals surface area contributed by atoms with Gasteiger partial charge in [0.1, 0.15) is 0 Å². The maximum Gasteiger partial charge on any atom is 0.221 e. The second-order valence-electron chi connectivity index (χ2n) is 2.56. The van der Waals surface area contributed by atoms with E-state index >= 15 is 0 Å². The lowest BCUT2D eigenvalue weighted by Crippen LogP contribution is -2.35. The molecular formula is C8H18N2O3. The van der Waals surface area contributed by atoms with Crippen molar-refractivity contribution in [1.82, 2.24) is 10.6 Å². The number of nitrogens with one attached hydrogen (secondary N) is 2. The van der Waals surface area contributed by atoms with Gasteiger partial charge in [0.25, 0.3) is 0 Å². The van der Waals surface area contributed by atoms with Crippen molar-refractivity contribution in [3.05, 3.63) is 0 Å². The zero-order chi connectivity index (χ0) is 10.1. The first-order chi connectivity index (χ1) is 6.24. The van der Waals surface area contributed by atoms with Gasteiger partial charge in [0.05, 0.1) is 6.54 Å². The Morgan fingerprint density at radius 2 is 2.00 bits per heavy atom. The van der Waals surface area contributed by atoms with Crippen LogP contribution < -0.4 is 10.6 Å². The Hall–Kier alpha value is -0.650. The Labute approximate surface area is 78.8 Å². The molecule has 0 atom stereocenters. The third-order valence-electron chi connectivity index (χ3n) is 1.59. The fourth-order valence-electron chi connectivity index (χ4n) is 0.787. The summed E-state index contributed by atoms with van der Waals surface area (Å²) in [5.74, 6) is -0.00606. The van der Waals surface area contributed by atoms with Crippen molar-refractivity contribution in [1.29, 1.82) is 0 Å². The minimum Gasteiger partial charge on any atom is -0.354 e. The first kappa shape index (κ1) is 12.3. The molecule has 0 spiro atoms. The van der Waals surface area contributed by atoms with E-state index in [0.29, 0.717) is 19.5 Å². The number of methoxy groups -OCH3 is 2. The van der Waals surface area contributed by atoms with E-state index in [1.807, 2.05) is 0 Å². The summed E-state index contributed by atoms with van der Waals surface area (Å²) < 4.78 is 9.80. The number of ether oxygens (including phenoxy) is 2. The molecule has 0 bridgehead atoms. The molecule has 78 valence electrons. The van der Waals surface area contributed by atoms with Crippen LogP contribution >= 0.6 is 0 Å². The molecule has 0 aromatic carbocycles. The molecule has 0 aromatic heterocycles. The van der Waals surface area contributed by atoms with Crippen molar-refractivity contribution in [3.8, 4) is 0 Å². The van der Waals surface area contributed by atoms with E-state index in [1.165, 1.54) is 14.2 Å². The summed E-state index contributed by atoms with van der Waals surface area (Å²) in [6.07, 6.45) is 0.106. The highest BCUT2D eigenvalue weighted by atomic mass is 16.7. The van der Waals surface area contributed by atoms with E-state index in [0.717, 1.165) is 0 Å². The molecule has 0 aliphatic heterocycles. The normalized spacial score (nSPS) is 10.5. The summed E-state index contributed by atoms with van der Waals surface area (Å²) in [6, 6.07) is 0. The Balaban J connectivity index is 3.44. The third kappa shape index (κ3) is 6.51. The molecule has 1 amide bonds.